The van der Waals surface area contributed by atoms with E-state index in [1.165, 1.54) is 19.3 Å². The first-order valence-corrected chi connectivity index (χ1v) is 42.1. The van der Waals surface area contributed by atoms with Gasteiger partial charge in [0, 0.05) is 101 Å². The van der Waals surface area contributed by atoms with Gasteiger partial charge in [-0.1, -0.05) is 57.2 Å². The Morgan fingerprint density at radius 3 is 2.18 bits per heavy atom. The smallest absolute Gasteiger partial charge is 0.329 e. The predicted octanol–water partition coefficient (Wildman–Crippen LogP) is 7.03. The number of aliphatic imine (C=N–C) groups is 1. The number of amides is 2. The molecule has 0 spiro atoms. The van der Waals surface area contributed by atoms with E-state index < -0.39 is 89.5 Å². The van der Waals surface area contributed by atoms with Crippen LogP contribution in [0.25, 0.3) is 10.9 Å². The number of Topliss-reactive ketones (excluding diaryl/α,β-unsaturated/α-hetero) is 3. The topological polar surface area (TPSA) is 480 Å². The number of nitrogen functional groups attached to an aromatic ring is 1. The molecule has 5 heterocycles. The van der Waals surface area contributed by atoms with Crippen molar-refractivity contribution < 1.29 is 101 Å². The molecule has 7 rings (SSSR count). The highest BCUT2D eigenvalue weighted by molar-refractivity contribution is 6.39. The summed E-state index contributed by atoms with van der Waals surface area (Å²) in [6, 6.07) is 4.55. The molecule has 2 aromatic heterocycles. The molecule has 119 heavy (non-hydrogen) atoms. The third-order valence-corrected chi connectivity index (χ3v) is 21.9. The third-order valence-electron chi connectivity index (χ3n) is 21.9. The van der Waals surface area contributed by atoms with Crippen LogP contribution in [0, 0.1) is 29.1 Å². The number of esters is 1. The van der Waals surface area contributed by atoms with Crippen molar-refractivity contribution >= 4 is 75.3 Å². The van der Waals surface area contributed by atoms with Crippen molar-refractivity contribution in [3.05, 3.63) is 89.5 Å². The number of nitrogens with two attached hydrogens (primary N) is 3. The van der Waals surface area contributed by atoms with Gasteiger partial charge in [-0.2, -0.15) is 5.10 Å². The van der Waals surface area contributed by atoms with E-state index in [1.807, 2.05) is 44.2 Å². The molecule has 14 N–H and O–H groups in total. The average Bonchev–Trinajstić information content (AvgIpc) is 1.21. The number of hydrazone groups is 1. The molecule has 1 saturated carbocycles. The number of unbranched alkanes of at least 4 members (excludes halogenated alkanes) is 2. The van der Waals surface area contributed by atoms with Crippen molar-refractivity contribution in [1.82, 2.24) is 25.2 Å². The molecule has 33 heteroatoms. The Labute approximate surface area is 699 Å². The van der Waals surface area contributed by atoms with Crippen LogP contribution >= 0.6 is 0 Å². The molecule has 1 unspecified atom stereocenters. The van der Waals surface area contributed by atoms with Gasteiger partial charge in [-0.15, -0.1) is 0 Å². The number of benzene rings is 1. The molecule has 2 bridgehead atoms. The molecule has 662 valence electrons. The number of aliphatic hydroxyl groups excluding tert-OH is 2. The molecule has 14 atom stereocenters. The number of aliphatic hydroxyl groups is 3. The number of fused-ring (bicyclic) bond motifs is 4. The highest BCUT2D eigenvalue weighted by Crippen LogP contribution is 2.36. The van der Waals surface area contributed by atoms with E-state index in [-0.39, 0.29) is 98.1 Å². The van der Waals surface area contributed by atoms with Crippen LogP contribution in [0.15, 0.2) is 88.3 Å². The first kappa shape index (κ1) is 98.0. The average molecular weight is 1670 g/mol. The summed E-state index contributed by atoms with van der Waals surface area (Å²) >= 11 is 0. The number of nitrogens with one attached hydrogen (secondary N) is 4. The molecule has 33 nitrogen and oxygen atoms in total. The maximum atomic E-state index is 14.6. The zero-order valence-corrected chi connectivity index (χ0v) is 70.6. The lowest BCUT2D eigenvalue weighted by Gasteiger charge is -2.40. The summed E-state index contributed by atoms with van der Waals surface area (Å²) < 4.78 is 64.1. The summed E-state index contributed by atoms with van der Waals surface area (Å²) in [7, 11) is 3.18. The van der Waals surface area contributed by atoms with Gasteiger partial charge in [-0.05, 0) is 157 Å². The number of H-pyrrole nitrogens is 1. The van der Waals surface area contributed by atoms with Crippen LogP contribution in [0.3, 0.4) is 0 Å². The fourth-order valence-electron chi connectivity index (χ4n) is 15.1. The summed E-state index contributed by atoms with van der Waals surface area (Å²) in [4.78, 5) is 101. The van der Waals surface area contributed by atoms with Gasteiger partial charge in [0.05, 0.1) is 133 Å². The highest BCUT2D eigenvalue weighted by atomic mass is 16.6. The van der Waals surface area contributed by atoms with Crippen molar-refractivity contribution in [1.29, 1.82) is 5.41 Å². The molecule has 4 aliphatic rings. The Bertz CT molecular complexity index is 3850. The molecule has 2 amide bonds. The number of cyclic esters (lactones) is 1. The number of ketones is 3. The second kappa shape index (κ2) is 52.9. The van der Waals surface area contributed by atoms with Crippen LogP contribution < -0.4 is 27.9 Å². The Kier molecular flexibility index (Phi) is 43.6. The molecule has 1 aliphatic carbocycles. The second-order valence-electron chi connectivity index (χ2n) is 31.2. The number of phenols is 1. The molecular formula is C86H132N12O21. The van der Waals surface area contributed by atoms with Crippen LogP contribution in [0.2, 0.25) is 0 Å². The summed E-state index contributed by atoms with van der Waals surface area (Å²) in [5, 5.41) is 63.8. The number of nitrogens with zero attached hydrogens (tertiary/aromatic N) is 5. The number of ether oxygens (including phenoxy) is 11. The lowest BCUT2D eigenvalue weighted by Crippen LogP contribution is -2.58. The van der Waals surface area contributed by atoms with E-state index in [0.29, 0.717) is 192 Å². The maximum absolute atomic E-state index is 14.6. The van der Waals surface area contributed by atoms with E-state index >= 15 is 0 Å². The number of rotatable bonds is 41. The van der Waals surface area contributed by atoms with Crippen LogP contribution in [-0.4, -0.2) is 280 Å². The van der Waals surface area contributed by atoms with Gasteiger partial charge in [-0.3, -0.25) is 34.4 Å². The zero-order chi connectivity index (χ0) is 86.1. The molecule has 1 aromatic carbocycles. The number of piperidine rings is 1. The minimum absolute atomic E-state index is 0.0255. The number of aromatic amines is 1. The Morgan fingerprint density at radius 1 is 0.782 bits per heavy atom. The van der Waals surface area contributed by atoms with E-state index in [9.17, 15) is 49.2 Å². The first-order valence-electron chi connectivity index (χ1n) is 42.1. The maximum Gasteiger partial charge on any atom is 0.329 e. The number of phenolic OH excluding ortho intramolecular Hbond substituents is 1. The van der Waals surface area contributed by atoms with Gasteiger partial charge in [-0.25, -0.2) is 14.8 Å². The minimum Gasteiger partial charge on any atom is -0.508 e. The summed E-state index contributed by atoms with van der Waals surface area (Å²) in [6.07, 6.45) is 15.7. The van der Waals surface area contributed by atoms with Crippen molar-refractivity contribution in [2.75, 3.05) is 137 Å². The minimum atomic E-state index is -2.45. The van der Waals surface area contributed by atoms with Gasteiger partial charge in [0.1, 0.15) is 53.8 Å². The van der Waals surface area contributed by atoms with Crippen LogP contribution in [0.4, 0.5) is 11.6 Å². The summed E-state index contributed by atoms with van der Waals surface area (Å²) in [5.41, 5.74) is 16.7. The van der Waals surface area contributed by atoms with E-state index in [1.54, 1.807) is 58.5 Å². The number of carbonyl (C=O) groups is 6. The molecule has 3 aromatic rings. The lowest BCUT2D eigenvalue weighted by molar-refractivity contribution is -0.245. The number of hydrogen-bond acceptors (Lipinski definition) is 30. The van der Waals surface area contributed by atoms with Crippen molar-refractivity contribution in [3.63, 3.8) is 0 Å². The molecule has 3 fully saturated rings. The first-order chi connectivity index (χ1) is 57.3. The predicted molar refractivity (Wildman–Crippen MR) is 450 cm³/mol. The van der Waals surface area contributed by atoms with Gasteiger partial charge in [0.15, 0.2) is 5.78 Å². The number of hydrogen-bond donors (Lipinski definition) is 11. The van der Waals surface area contributed by atoms with Crippen molar-refractivity contribution in [2.45, 2.75) is 217 Å². The largest absolute Gasteiger partial charge is 0.508 e. The van der Waals surface area contributed by atoms with Crippen LogP contribution in [0.5, 0.6) is 5.75 Å². The van der Waals surface area contributed by atoms with E-state index in [4.69, 9.17) is 74.8 Å². The number of aromatic hydroxyl groups is 1. The molecule has 2 saturated heterocycles. The van der Waals surface area contributed by atoms with E-state index in [2.05, 4.69) is 35.7 Å². The number of methoxy groups -OCH3 is 2. The highest BCUT2D eigenvalue weighted by Gasteiger charge is 2.50. The van der Waals surface area contributed by atoms with Gasteiger partial charge >= 0.3 is 5.97 Å². The van der Waals surface area contributed by atoms with E-state index in [0.717, 1.165) is 40.6 Å². The number of aromatic nitrogens is 3. The molecule has 3 aliphatic heterocycles. The zero-order valence-electron chi connectivity index (χ0n) is 70.6. The molecule has 0 radical (unpaired) electrons. The van der Waals surface area contributed by atoms with Crippen molar-refractivity contribution in [3.8, 4) is 5.75 Å². The normalized spacial score (nSPS) is 26.3. The summed E-state index contributed by atoms with van der Waals surface area (Å²) in [5.74, 6) is -1.80. The number of anilines is 2. The summed E-state index contributed by atoms with van der Waals surface area (Å²) in [6.45, 7) is 15.2. The fraction of sp³-hybridized carbons (Fsp3) is 0.663. The number of carbonyl (C=O) groups excluding carboxylic acids is 6. The monoisotopic (exact) mass is 1670 g/mol. The van der Waals surface area contributed by atoms with Gasteiger partial charge < -0.3 is 110 Å². The Morgan fingerprint density at radius 2 is 1.48 bits per heavy atom. The second-order valence-corrected chi connectivity index (χ2v) is 31.2. The van der Waals surface area contributed by atoms with Gasteiger partial charge in [0.2, 0.25) is 11.7 Å². The lowest BCUT2D eigenvalue weighted by atomic mass is 9.80. The SMILES string of the molecule is CO[C@H]1C[C@@H]2CCC[C@@](O)(O2)C(=O)C(=O)N2CCCC[C@H]2C(=O)OC([C@H](N)C[C@@H]2CC[C@@H](OCCCCC(C=NCCOCCOCCOCCOCCOCCOCCC(=O)NCCCCNc3ncnc(N)c3C(=N)c3cc4cc(O)ccc4[nH]3)=NN)[C@H](OC)C2)CC(=O)[C@H](C)/C=C(\C)[C@@H](O)[C@@H](O)C(=O)[C@H](C)C[C@H](C)/C=C/C=CC=C1C. The standard InChI is InChI=1S/C86H132N12O21/c1-56-18-9-8-10-19-57(2)72(109-6)52-65-21-17-28-86(108,119-65)81(105)84(106)98-32-15-11-22-69(98)85(107)118-73(53-70(100)58(3)47-60(5)79(103)80(104)78(102)59(4)46-56)66(87)48-61-23-26-71(74(49-61)110-7)117-33-16-12-20-63(97-90)54-91-31-35-112-37-39-114-41-43-116-45-44-115-42-40-113-38-36-111-34-27-75(101)92-29-13-14-30-93-83-76(82(89)94-55-95-83)77(88)68-51-62-50-64(99)24-25-67(62)96-68/h8-10,18-19,24-25,47,50-51,54-56,58-59,61,65-66,69,71-74,79-80,88,96,99,103-104,108H,11-17,20-23,26-46,48-49,52-53,87,90H2,1-7H3,(H,92,101)(H3,89,93,94,95)/b10-8?,18-9+,57-19?,60-47+,88-77?,91-54?,97-63?/t56-,58-,59-,61+,65+,66-,69+,71-,72+,73?,74-,79-,80+,86-/m1/s1. The van der Waals surface area contributed by atoms with Crippen molar-refractivity contribution in [2.24, 2.45) is 45.3 Å². The Balaban J connectivity index is 0.728. The Hall–Kier alpha value is -8.13. The molecular weight excluding hydrogens is 1540 g/mol. The van der Waals surface area contributed by atoms with Crippen LogP contribution in [-0.2, 0) is 80.9 Å². The van der Waals surface area contributed by atoms with Gasteiger partial charge in [0.25, 0.3) is 11.7 Å². The fourth-order valence-corrected chi connectivity index (χ4v) is 15.1. The quantitative estimate of drug-likeness (QED) is 0.00516. The third kappa shape index (κ3) is 33.0. The van der Waals surface area contributed by atoms with Crippen LogP contribution in [0.1, 0.15) is 168 Å². The number of allylic oxidation sites excluding steroid dienone is 6.